The van der Waals surface area contributed by atoms with Gasteiger partial charge in [-0.1, -0.05) is 0 Å². The molecule has 1 N–H and O–H groups in total. The number of nitrogens with one attached hydrogen (secondary N) is 1. The molecule has 0 aromatic carbocycles. The van der Waals surface area contributed by atoms with Crippen LogP contribution in [0.15, 0.2) is 17.7 Å². The topological polar surface area (TPSA) is 54.5 Å². The van der Waals surface area contributed by atoms with Crippen LogP contribution in [0.3, 0.4) is 0 Å². The molecule has 4 nitrogen and oxygen atoms in total. The summed E-state index contributed by atoms with van der Waals surface area (Å²) >= 11 is 7.19. The fourth-order valence-electron chi connectivity index (χ4n) is 0.988. The molecule has 0 spiro atoms. The number of imidazole rings is 1. The van der Waals surface area contributed by atoms with Crippen LogP contribution in [-0.2, 0) is 0 Å². The quantitative estimate of drug-likeness (QED) is 0.480. The number of nitrogens with zero attached hydrogens (tertiary/aromatic N) is 3. The highest BCUT2D eigenvalue weighted by molar-refractivity contribution is 7.99. The number of fused-ring (bicyclic) bond motifs is 1. The summed E-state index contributed by atoms with van der Waals surface area (Å²) < 4.78 is 0. The van der Waals surface area contributed by atoms with Gasteiger partial charge in [0.15, 0.2) is 5.65 Å². The summed E-state index contributed by atoms with van der Waals surface area (Å²) in [7, 11) is 0. The second kappa shape index (κ2) is 3.93. The minimum absolute atomic E-state index is 0.615. The number of hydrogen-bond acceptors (Lipinski definition) is 4. The van der Waals surface area contributed by atoms with Crippen molar-refractivity contribution in [1.29, 1.82) is 0 Å². The van der Waals surface area contributed by atoms with Gasteiger partial charge >= 0.3 is 0 Å². The SMILES string of the molecule is ClCCSc1ncnc2nc[nH]c12. The van der Waals surface area contributed by atoms with Gasteiger partial charge in [-0.05, 0) is 0 Å². The van der Waals surface area contributed by atoms with Crippen LogP contribution in [0, 0.1) is 0 Å². The summed E-state index contributed by atoms with van der Waals surface area (Å²) in [5.41, 5.74) is 1.59. The lowest BCUT2D eigenvalue weighted by Crippen LogP contribution is -1.87. The second-order valence-electron chi connectivity index (χ2n) is 2.32. The molecular weight excluding hydrogens is 208 g/mol. The lowest BCUT2D eigenvalue weighted by atomic mass is 10.6. The number of aromatic nitrogens is 4. The molecular formula is C7H7ClN4S. The van der Waals surface area contributed by atoms with E-state index in [0.29, 0.717) is 11.5 Å². The zero-order valence-corrected chi connectivity index (χ0v) is 8.27. The highest BCUT2D eigenvalue weighted by atomic mass is 35.5. The standard InChI is InChI=1S/C7H7ClN4S/c8-1-2-13-7-5-6(10-3-9-5)11-4-12-7/h3-4H,1-2H2,(H,9,10,11,12). The molecule has 6 heteroatoms. The summed E-state index contributed by atoms with van der Waals surface area (Å²) in [6.07, 6.45) is 3.13. The summed E-state index contributed by atoms with van der Waals surface area (Å²) in [5, 5.41) is 0.906. The lowest BCUT2D eigenvalue weighted by Gasteiger charge is -1.97. The van der Waals surface area contributed by atoms with E-state index in [-0.39, 0.29) is 0 Å². The Balaban J connectivity index is 2.37. The molecule has 0 atom stereocenters. The minimum Gasteiger partial charge on any atom is -0.341 e. The van der Waals surface area contributed by atoms with Gasteiger partial charge in [-0.15, -0.1) is 23.4 Å². The van der Waals surface area contributed by atoms with Crippen molar-refractivity contribution in [3.05, 3.63) is 12.7 Å². The third-order valence-electron chi connectivity index (χ3n) is 1.50. The number of hydrogen-bond donors (Lipinski definition) is 1. The maximum atomic E-state index is 5.59. The second-order valence-corrected chi connectivity index (χ2v) is 3.78. The van der Waals surface area contributed by atoms with Gasteiger partial charge in [-0.3, -0.25) is 0 Å². The van der Waals surface area contributed by atoms with E-state index in [0.717, 1.165) is 16.3 Å². The van der Waals surface area contributed by atoms with Crippen molar-refractivity contribution in [1.82, 2.24) is 19.9 Å². The molecule has 2 aromatic rings. The first kappa shape index (κ1) is 8.77. The molecule has 0 saturated carbocycles. The van der Waals surface area contributed by atoms with Crippen molar-refractivity contribution in [3.63, 3.8) is 0 Å². The molecule has 2 rings (SSSR count). The van der Waals surface area contributed by atoms with Crippen molar-refractivity contribution < 1.29 is 0 Å². The molecule has 0 fully saturated rings. The number of aromatic amines is 1. The monoisotopic (exact) mass is 214 g/mol. The maximum absolute atomic E-state index is 5.59. The van der Waals surface area contributed by atoms with Gasteiger partial charge < -0.3 is 4.98 Å². The predicted octanol–water partition coefficient (Wildman–Crippen LogP) is 1.68. The van der Waals surface area contributed by atoms with Crippen LogP contribution in [-0.4, -0.2) is 31.6 Å². The number of rotatable bonds is 3. The van der Waals surface area contributed by atoms with Crippen LogP contribution in [0.25, 0.3) is 11.2 Å². The van der Waals surface area contributed by atoms with E-state index in [1.807, 2.05) is 0 Å². The normalized spacial score (nSPS) is 10.8. The average Bonchev–Trinajstić information content (AvgIpc) is 2.62. The molecule has 2 heterocycles. The van der Waals surface area contributed by atoms with E-state index in [9.17, 15) is 0 Å². The number of halogens is 1. The highest BCUT2D eigenvalue weighted by Crippen LogP contribution is 2.21. The van der Waals surface area contributed by atoms with Gasteiger partial charge in [-0.2, -0.15) is 0 Å². The largest absolute Gasteiger partial charge is 0.341 e. The first-order chi connectivity index (χ1) is 6.42. The Labute approximate surface area is 84.1 Å². The first-order valence-corrected chi connectivity index (χ1v) is 5.26. The summed E-state index contributed by atoms with van der Waals surface area (Å²) in [4.78, 5) is 15.2. The van der Waals surface area contributed by atoms with Gasteiger partial charge in [0.2, 0.25) is 0 Å². The Morgan fingerprint density at radius 1 is 1.38 bits per heavy atom. The van der Waals surface area contributed by atoms with Crippen molar-refractivity contribution in [2.24, 2.45) is 0 Å². The fraction of sp³-hybridized carbons (Fsp3) is 0.286. The van der Waals surface area contributed by atoms with Gasteiger partial charge in [0, 0.05) is 11.6 Å². The Kier molecular flexibility index (Phi) is 2.65. The molecule has 0 aliphatic carbocycles. The van der Waals surface area contributed by atoms with Crippen molar-refractivity contribution in [2.45, 2.75) is 5.03 Å². The Bertz CT molecular complexity index is 402. The lowest BCUT2D eigenvalue weighted by molar-refractivity contribution is 1.09. The maximum Gasteiger partial charge on any atom is 0.181 e. The van der Waals surface area contributed by atoms with E-state index < -0.39 is 0 Å². The number of thioether (sulfide) groups is 1. The first-order valence-electron chi connectivity index (χ1n) is 3.74. The third kappa shape index (κ3) is 1.76. The van der Waals surface area contributed by atoms with Crippen LogP contribution in [0.5, 0.6) is 0 Å². The van der Waals surface area contributed by atoms with E-state index in [4.69, 9.17) is 11.6 Å². The summed E-state index contributed by atoms with van der Waals surface area (Å²) in [6, 6.07) is 0. The predicted molar refractivity (Wildman–Crippen MR) is 53.1 cm³/mol. The number of alkyl halides is 1. The van der Waals surface area contributed by atoms with E-state index >= 15 is 0 Å². The van der Waals surface area contributed by atoms with Crippen molar-refractivity contribution in [2.75, 3.05) is 11.6 Å². The van der Waals surface area contributed by atoms with E-state index in [1.54, 1.807) is 18.1 Å². The zero-order chi connectivity index (χ0) is 9.10. The molecule has 0 aliphatic heterocycles. The van der Waals surface area contributed by atoms with E-state index in [2.05, 4.69) is 19.9 Å². The molecule has 0 amide bonds. The average molecular weight is 215 g/mol. The number of H-pyrrole nitrogens is 1. The molecule has 0 radical (unpaired) electrons. The highest BCUT2D eigenvalue weighted by Gasteiger charge is 2.04. The Morgan fingerprint density at radius 3 is 3.15 bits per heavy atom. The smallest absolute Gasteiger partial charge is 0.181 e. The van der Waals surface area contributed by atoms with Crippen LogP contribution >= 0.6 is 23.4 Å². The summed E-state index contributed by atoms with van der Waals surface area (Å²) in [5.74, 6) is 1.46. The van der Waals surface area contributed by atoms with Gasteiger partial charge in [-0.25, -0.2) is 15.0 Å². The molecule has 0 unspecified atom stereocenters. The van der Waals surface area contributed by atoms with Gasteiger partial charge in [0.1, 0.15) is 16.9 Å². The fourth-order valence-corrected chi connectivity index (χ4v) is 1.91. The summed E-state index contributed by atoms with van der Waals surface area (Å²) in [6.45, 7) is 0. The Hall–Kier alpha value is -0.810. The van der Waals surface area contributed by atoms with Crippen LogP contribution in [0.2, 0.25) is 0 Å². The zero-order valence-electron chi connectivity index (χ0n) is 6.70. The molecule has 0 bridgehead atoms. The van der Waals surface area contributed by atoms with Crippen LogP contribution in [0.4, 0.5) is 0 Å². The minimum atomic E-state index is 0.615. The Morgan fingerprint density at radius 2 is 2.31 bits per heavy atom. The van der Waals surface area contributed by atoms with E-state index in [1.165, 1.54) is 6.33 Å². The molecule has 2 aromatic heterocycles. The van der Waals surface area contributed by atoms with Crippen LogP contribution < -0.4 is 0 Å². The van der Waals surface area contributed by atoms with Crippen molar-refractivity contribution >= 4 is 34.5 Å². The van der Waals surface area contributed by atoms with Gasteiger partial charge in [0.25, 0.3) is 0 Å². The van der Waals surface area contributed by atoms with Crippen LogP contribution in [0.1, 0.15) is 0 Å². The molecule has 0 aliphatic rings. The molecule has 13 heavy (non-hydrogen) atoms. The molecule has 68 valence electrons. The third-order valence-corrected chi connectivity index (χ3v) is 2.91. The van der Waals surface area contributed by atoms with Gasteiger partial charge in [0.05, 0.1) is 6.33 Å². The molecule has 0 saturated heterocycles. The van der Waals surface area contributed by atoms with Crippen molar-refractivity contribution in [3.8, 4) is 0 Å².